The maximum Gasteiger partial charge on any atom is 0.164 e. The Morgan fingerprint density at radius 2 is 2.14 bits per heavy atom. The van der Waals surface area contributed by atoms with Gasteiger partial charge < -0.3 is 15.4 Å². The molecule has 0 radical (unpaired) electrons. The number of aromatic nitrogens is 4. The lowest BCUT2D eigenvalue weighted by atomic mass is 10.1. The first-order valence-corrected chi connectivity index (χ1v) is 9.74. The zero-order valence-corrected chi connectivity index (χ0v) is 15.7. The molecule has 7 nitrogen and oxygen atoms in total. The lowest BCUT2D eigenvalue weighted by molar-refractivity contribution is 0.241. The van der Waals surface area contributed by atoms with Crippen molar-refractivity contribution < 1.29 is 9.13 Å². The van der Waals surface area contributed by atoms with Gasteiger partial charge in [0.15, 0.2) is 11.4 Å². The quantitative estimate of drug-likeness (QED) is 0.707. The molecular weight excluding hydrogens is 359 g/mol. The van der Waals surface area contributed by atoms with E-state index >= 15 is 0 Å². The van der Waals surface area contributed by atoms with Gasteiger partial charge in [-0.15, -0.1) is 0 Å². The lowest BCUT2D eigenvalue weighted by Crippen LogP contribution is -2.46. The molecule has 1 saturated heterocycles. The molecule has 28 heavy (non-hydrogen) atoms. The number of nitrogens with zero attached hydrogens (tertiary/aromatic N) is 4. The van der Waals surface area contributed by atoms with Crippen molar-refractivity contribution in [3.8, 4) is 17.0 Å². The van der Waals surface area contributed by atoms with E-state index in [0.717, 1.165) is 41.2 Å². The van der Waals surface area contributed by atoms with Gasteiger partial charge >= 0.3 is 0 Å². The maximum atomic E-state index is 14.1. The fourth-order valence-electron chi connectivity index (χ4n) is 3.72. The Hall–Kier alpha value is -2.74. The summed E-state index contributed by atoms with van der Waals surface area (Å²) in [4.78, 5) is 9.54. The topological polar surface area (TPSA) is 76.4 Å². The van der Waals surface area contributed by atoms with Crippen LogP contribution in [-0.2, 0) is 0 Å². The number of fused-ring (bicyclic) bond motifs is 1. The molecule has 0 spiro atoms. The van der Waals surface area contributed by atoms with E-state index in [0.29, 0.717) is 31.2 Å². The van der Waals surface area contributed by atoms with Crippen LogP contribution in [0.3, 0.4) is 0 Å². The van der Waals surface area contributed by atoms with Crippen molar-refractivity contribution in [2.24, 2.45) is 0 Å². The van der Waals surface area contributed by atoms with E-state index < -0.39 is 6.17 Å². The molecule has 1 aliphatic carbocycles. The van der Waals surface area contributed by atoms with Crippen LogP contribution >= 0.6 is 0 Å². The monoisotopic (exact) mass is 382 g/mol. The number of halogens is 1. The van der Waals surface area contributed by atoms with Crippen molar-refractivity contribution in [2.75, 3.05) is 25.5 Å². The van der Waals surface area contributed by atoms with Gasteiger partial charge in [0, 0.05) is 12.5 Å². The van der Waals surface area contributed by atoms with Crippen LogP contribution in [0.4, 0.5) is 10.2 Å². The molecule has 3 aromatic heterocycles. The summed E-state index contributed by atoms with van der Waals surface area (Å²) in [7, 11) is 1.66. The molecule has 0 aromatic carbocycles. The smallest absolute Gasteiger partial charge is 0.164 e. The van der Waals surface area contributed by atoms with Gasteiger partial charge in [-0.3, -0.25) is 0 Å². The number of pyridine rings is 1. The molecule has 2 aliphatic rings. The Bertz CT molecular complexity index is 1000. The van der Waals surface area contributed by atoms with E-state index in [1.54, 1.807) is 17.8 Å². The molecule has 2 fully saturated rings. The summed E-state index contributed by atoms with van der Waals surface area (Å²) in [5, 5.41) is 10.9. The highest BCUT2D eigenvalue weighted by atomic mass is 19.1. The second kappa shape index (κ2) is 7.01. The van der Waals surface area contributed by atoms with Crippen LogP contribution in [0.15, 0.2) is 30.6 Å². The molecule has 146 valence electrons. The van der Waals surface area contributed by atoms with Crippen molar-refractivity contribution in [2.45, 2.75) is 37.4 Å². The first-order valence-electron chi connectivity index (χ1n) is 9.74. The number of hydrogen-bond donors (Lipinski definition) is 2. The number of nitrogens with one attached hydrogen (secondary N) is 2. The van der Waals surface area contributed by atoms with E-state index in [1.165, 1.54) is 0 Å². The average Bonchev–Trinajstić information content (AvgIpc) is 3.48. The van der Waals surface area contributed by atoms with Gasteiger partial charge in [0.1, 0.15) is 12.0 Å². The van der Waals surface area contributed by atoms with Gasteiger partial charge in [-0.2, -0.15) is 5.10 Å². The molecule has 0 bridgehead atoms. The SMILES string of the molecule is COc1cn2ncc(-c3cccc(NC4CNCCC4F)n3)c2nc1C1CC1. The molecule has 2 atom stereocenters. The van der Waals surface area contributed by atoms with Crippen molar-refractivity contribution >= 4 is 11.5 Å². The van der Waals surface area contributed by atoms with Crippen LogP contribution in [0, 0.1) is 0 Å². The zero-order chi connectivity index (χ0) is 19.1. The molecule has 2 unspecified atom stereocenters. The third-order valence-electron chi connectivity index (χ3n) is 5.43. The first-order chi connectivity index (χ1) is 13.7. The summed E-state index contributed by atoms with van der Waals surface area (Å²) >= 11 is 0. The van der Waals surface area contributed by atoms with Crippen LogP contribution in [0.1, 0.15) is 30.9 Å². The van der Waals surface area contributed by atoms with Crippen LogP contribution in [-0.4, -0.2) is 52.0 Å². The van der Waals surface area contributed by atoms with Gasteiger partial charge in [0.25, 0.3) is 0 Å². The minimum atomic E-state index is -0.876. The Labute approximate surface area is 162 Å². The largest absolute Gasteiger partial charge is 0.493 e. The van der Waals surface area contributed by atoms with E-state index in [-0.39, 0.29) is 6.04 Å². The molecule has 0 amide bonds. The average molecular weight is 382 g/mol. The van der Waals surface area contributed by atoms with Crippen molar-refractivity contribution in [1.82, 2.24) is 24.9 Å². The van der Waals surface area contributed by atoms with Crippen molar-refractivity contribution in [3.63, 3.8) is 0 Å². The molecule has 8 heteroatoms. The molecule has 2 N–H and O–H groups in total. The van der Waals surface area contributed by atoms with E-state index in [1.807, 2.05) is 24.4 Å². The number of hydrogen-bond acceptors (Lipinski definition) is 6. The van der Waals surface area contributed by atoms with Crippen LogP contribution in [0.2, 0.25) is 0 Å². The third-order valence-corrected chi connectivity index (χ3v) is 5.43. The second-order valence-corrected chi connectivity index (χ2v) is 7.46. The summed E-state index contributed by atoms with van der Waals surface area (Å²) < 4.78 is 21.4. The number of ether oxygens (including phenoxy) is 1. The molecule has 1 aliphatic heterocycles. The molecule has 4 heterocycles. The number of alkyl halides is 1. The zero-order valence-electron chi connectivity index (χ0n) is 15.7. The molecule has 1 saturated carbocycles. The maximum absolute atomic E-state index is 14.1. The predicted octanol–water partition coefficient (Wildman–Crippen LogP) is 2.79. The van der Waals surface area contributed by atoms with Gasteiger partial charge in [0.2, 0.25) is 0 Å². The summed E-state index contributed by atoms with van der Waals surface area (Å²) in [6.07, 6.45) is 5.56. The Balaban J connectivity index is 1.49. The number of rotatable bonds is 5. The standard InChI is InChI=1S/C20H23FN6O/c1-28-17-11-27-20(26-19(17)12-5-6-12)13(9-23-27)15-3-2-4-18(24-15)25-16-10-22-8-7-14(16)21/h2-4,9,11-12,14,16,22H,5-8,10H2,1H3,(H,24,25). The second-order valence-electron chi connectivity index (χ2n) is 7.46. The predicted molar refractivity (Wildman–Crippen MR) is 105 cm³/mol. The number of piperidine rings is 1. The van der Waals surface area contributed by atoms with E-state index in [4.69, 9.17) is 14.7 Å². The number of anilines is 1. The highest BCUT2D eigenvalue weighted by Crippen LogP contribution is 2.43. The highest BCUT2D eigenvalue weighted by molar-refractivity contribution is 5.75. The van der Waals surface area contributed by atoms with Crippen LogP contribution in [0.5, 0.6) is 5.75 Å². The minimum Gasteiger partial charge on any atom is -0.493 e. The van der Waals surface area contributed by atoms with Crippen LogP contribution < -0.4 is 15.4 Å². The molecule has 5 rings (SSSR count). The molecule has 3 aromatic rings. The van der Waals surface area contributed by atoms with Gasteiger partial charge in [-0.1, -0.05) is 6.07 Å². The fourth-order valence-corrected chi connectivity index (χ4v) is 3.72. The van der Waals surface area contributed by atoms with Gasteiger partial charge in [-0.25, -0.2) is 18.9 Å². The summed E-state index contributed by atoms with van der Waals surface area (Å²) in [5.74, 6) is 1.89. The van der Waals surface area contributed by atoms with Crippen molar-refractivity contribution in [3.05, 3.63) is 36.3 Å². The summed E-state index contributed by atoms with van der Waals surface area (Å²) in [6, 6.07) is 5.44. The Morgan fingerprint density at radius 3 is 2.93 bits per heavy atom. The lowest BCUT2D eigenvalue weighted by Gasteiger charge is -2.28. The van der Waals surface area contributed by atoms with E-state index in [2.05, 4.69) is 15.7 Å². The highest BCUT2D eigenvalue weighted by Gasteiger charge is 2.30. The molecular formula is C20H23FN6O. The van der Waals surface area contributed by atoms with Gasteiger partial charge in [-0.05, 0) is 37.9 Å². The summed E-state index contributed by atoms with van der Waals surface area (Å²) in [6.45, 7) is 1.31. The van der Waals surface area contributed by atoms with Gasteiger partial charge in [0.05, 0.1) is 42.5 Å². The van der Waals surface area contributed by atoms with E-state index in [9.17, 15) is 4.39 Å². The third kappa shape index (κ3) is 3.17. The van der Waals surface area contributed by atoms with Crippen LogP contribution in [0.25, 0.3) is 16.9 Å². The minimum absolute atomic E-state index is 0.274. The Morgan fingerprint density at radius 1 is 1.25 bits per heavy atom. The normalized spacial score (nSPS) is 22.4. The summed E-state index contributed by atoms with van der Waals surface area (Å²) in [5.41, 5.74) is 3.36. The fraction of sp³-hybridized carbons (Fsp3) is 0.450. The number of methoxy groups -OCH3 is 1. The van der Waals surface area contributed by atoms with Crippen molar-refractivity contribution in [1.29, 1.82) is 0 Å². The Kier molecular flexibility index (Phi) is 4.35. The first kappa shape index (κ1) is 17.4.